The van der Waals surface area contributed by atoms with Crippen LogP contribution < -0.4 is 10.1 Å². The van der Waals surface area contributed by atoms with Crippen molar-refractivity contribution in [2.24, 2.45) is 0 Å². The molecule has 0 aromatic heterocycles. The molecule has 0 fully saturated rings. The van der Waals surface area contributed by atoms with Crippen molar-refractivity contribution in [3.63, 3.8) is 0 Å². The van der Waals surface area contributed by atoms with Crippen molar-refractivity contribution in [1.82, 2.24) is 0 Å². The lowest BCUT2D eigenvalue weighted by Crippen LogP contribution is -2.11. The van der Waals surface area contributed by atoms with Gasteiger partial charge in [0.2, 0.25) is 5.91 Å². The van der Waals surface area contributed by atoms with Gasteiger partial charge in [0.25, 0.3) is 0 Å². The number of anilines is 1. The van der Waals surface area contributed by atoms with Crippen molar-refractivity contribution in [3.05, 3.63) is 65.7 Å². The topological polar surface area (TPSA) is 55.4 Å². The van der Waals surface area contributed by atoms with Gasteiger partial charge in [-0.15, -0.1) is 0 Å². The van der Waals surface area contributed by atoms with Gasteiger partial charge in [0.15, 0.2) is 5.78 Å². The molecule has 0 unspecified atom stereocenters. The molecule has 2 rings (SSSR count). The molecule has 0 spiro atoms. The third-order valence-electron chi connectivity index (χ3n) is 3.11. The van der Waals surface area contributed by atoms with E-state index >= 15 is 0 Å². The van der Waals surface area contributed by atoms with Crippen LogP contribution in [0.25, 0.3) is 6.08 Å². The molecule has 0 atom stereocenters. The second kappa shape index (κ2) is 8.01. The van der Waals surface area contributed by atoms with E-state index in [9.17, 15) is 18.4 Å². The third-order valence-corrected chi connectivity index (χ3v) is 3.11. The largest absolute Gasteiger partial charge is 0.434 e. The first kappa shape index (κ1) is 17.3. The molecule has 0 radical (unpaired) electrons. The number of para-hydroxylation sites is 2. The average molecular weight is 331 g/mol. The molecule has 0 saturated carbocycles. The Morgan fingerprint density at radius 3 is 2.46 bits per heavy atom. The molecular formula is C18H15F2NO3. The lowest BCUT2D eigenvalue weighted by molar-refractivity contribution is -0.111. The number of carbonyl (C=O) groups excluding carboxylic acids is 2. The van der Waals surface area contributed by atoms with Gasteiger partial charge in [-0.1, -0.05) is 30.3 Å². The summed E-state index contributed by atoms with van der Waals surface area (Å²) in [6.07, 6.45) is 2.55. The average Bonchev–Trinajstić information content (AvgIpc) is 2.54. The van der Waals surface area contributed by atoms with Crippen LogP contribution in [0.5, 0.6) is 5.75 Å². The SMILES string of the molecule is CC(=O)c1ccccc1NC(=O)C=Cc1ccccc1OC(F)F. The summed E-state index contributed by atoms with van der Waals surface area (Å²) in [6.45, 7) is -1.55. The highest BCUT2D eigenvalue weighted by Crippen LogP contribution is 2.22. The van der Waals surface area contributed by atoms with E-state index in [1.165, 1.54) is 25.1 Å². The van der Waals surface area contributed by atoms with Gasteiger partial charge in [-0.2, -0.15) is 8.78 Å². The fraction of sp³-hybridized carbons (Fsp3) is 0.111. The molecule has 6 heteroatoms. The zero-order chi connectivity index (χ0) is 17.5. The number of ether oxygens (including phenoxy) is 1. The number of hydrogen-bond acceptors (Lipinski definition) is 3. The molecule has 124 valence electrons. The van der Waals surface area contributed by atoms with Gasteiger partial charge in [-0.3, -0.25) is 9.59 Å². The van der Waals surface area contributed by atoms with Crippen molar-refractivity contribution >= 4 is 23.5 Å². The Hall–Kier alpha value is -3.02. The summed E-state index contributed by atoms with van der Waals surface area (Å²) in [5.74, 6) is -0.693. The highest BCUT2D eigenvalue weighted by atomic mass is 19.3. The summed E-state index contributed by atoms with van der Waals surface area (Å²) in [5.41, 5.74) is 1.12. The van der Waals surface area contributed by atoms with E-state index in [0.29, 0.717) is 16.8 Å². The van der Waals surface area contributed by atoms with E-state index < -0.39 is 12.5 Å². The Bertz CT molecular complexity index is 772. The van der Waals surface area contributed by atoms with E-state index in [-0.39, 0.29) is 11.5 Å². The molecule has 2 aromatic rings. The van der Waals surface area contributed by atoms with Crippen LogP contribution in [0.1, 0.15) is 22.8 Å². The van der Waals surface area contributed by atoms with Gasteiger partial charge in [0.1, 0.15) is 5.75 Å². The van der Waals surface area contributed by atoms with Crippen LogP contribution in [0.3, 0.4) is 0 Å². The van der Waals surface area contributed by atoms with Crippen molar-refractivity contribution in [2.45, 2.75) is 13.5 Å². The van der Waals surface area contributed by atoms with Crippen LogP contribution in [-0.4, -0.2) is 18.3 Å². The lowest BCUT2D eigenvalue weighted by atomic mass is 10.1. The van der Waals surface area contributed by atoms with Crippen LogP contribution in [0.15, 0.2) is 54.6 Å². The number of Topliss-reactive ketones (excluding diaryl/α,β-unsaturated/α-hetero) is 1. The van der Waals surface area contributed by atoms with Crippen molar-refractivity contribution in [3.8, 4) is 5.75 Å². The zero-order valence-electron chi connectivity index (χ0n) is 12.8. The van der Waals surface area contributed by atoms with Gasteiger partial charge in [-0.05, 0) is 31.2 Å². The van der Waals surface area contributed by atoms with Crippen LogP contribution in [0, 0.1) is 0 Å². The molecule has 1 N–H and O–H groups in total. The number of hydrogen-bond donors (Lipinski definition) is 1. The number of ketones is 1. The maximum Gasteiger partial charge on any atom is 0.387 e. The minimum atomic E-state index is -2.95. The minimum Gasteiger partial charge on any atom is -0.434 e. The Labute approximate surface area is 137 Å². The molecule has 0 saturated heterocycles. The van der Waals surface area contributed by atoms with Gasteiger partial charge < -0.3 is 10.1 Å². The summed E-state index contributed by atoms with van der Waals surface area (Å²) in [4.78, 5) is 23.5. The molecule has 2 aromatic carbocycles. The fourth-order valence-electron chi connectivity index (χ4n) is 2.06. The van der Waals surface area contributed by atoms with Crippen molar-refractivity contribution in [2.75, 3.05) is 5.32 Å². The quantitative estimate of drug-likeness (QED) is 0.639. The predicted molar refractivity (Wildman–Crippen MR) is 87.2 cm³/mol. The maximum atomic E-state index is 12.3. The summed E-state index contributed by atoms with van der Waals surface area (Å²) >= 11 is 0. The Morgan fingerprint density at radius 1 is 1.08 bits per heavy atom. The van der Waals surface area contributed by atoms with E-state index in [2.05, 4.69) is 10.1 Å². The summed E-state index contributed by atoms with van der Waals surface area (Å²) in [5, 5.41) is 2.59. The van der Waals surface area contributed by atoms with Gasteiger partial charge in [-0.25, -0.2) is 0 Å². The highest BCUT2D eigenvalue weighted by Gasteiger charge is 2.09. The number of nitrogens with one attached hydrogen (secondary N) is 1. The number of halogens is 2. The standard InChI is InChI=1S/C18H15F2NO3/c1-12(22)14-7-3-4-8-15(14)21-17(23)11-10-13-6-2-5-9-16(13)24-18(19)20/h2-11,18H,1H3,(H,21,23). The van der Waals surface area contributed by atoms with E-state index in [4.69, 9.17) is 0 Å². The first-order valence-corrected chi connectivity index (χ1v) is 7.10. The highest BCUT2D eigenvalue weighted by molar-refractivity contribution is 6.07. The zero-order valence-corrected chi connectivity index (χ0v) is 12.8. The Kier molecular flexibility index (Phi) is 5.78. The Morgan fingerprint density at radius 2 is 1.75 bits per heavy atom. The summed E-state index contributed by atoms with van der Waals surface area (Å²) in [7, 11) is 0. The summed E-state index contributed by atoms with van der Waals surface area (Å²) < 4.78 is 29.1. The predicted octanol–water partition coefficient (Wildman–Crippen LogP) is 4.14. The molecule has 4 nitrogen and oxygen atoms in total. The number of alkyl halides is 2. The number of amides is 1. The molecule has 1 amide bonds. The molecule has 0 aliphatic carbocycles. The van der Waals surface area contributed by atoms with Gasteiger partial charge in [0, 0.05) is 17.2 Å². The fourth-order valence-corrected chi connectivity index (χ4v) is 2.06. The second-order valence-corrected chi connectivity index (χ2v) is 4.84. The first-order chi connectivity index (χ1) is 11.5. The number of carbonyl (C=O) groups is 2. The third kappa shape index (κ3) is 4.74. The monoisotopic (exact) mass is 331 g/mol. The van der Waals surface area contributed by atoms with Crippen molar-refractivity contribution in [1.29, 1.82) is 0 Å². The first-order valence-electron chi connectivity index (χ1n) is 7.10. The number of benzene rings is 2. The molecule has 0 aliphatic heterocycles. The van der Waals surface area contributed by atoms with Gasteiger partial charge >= 0.3 is 6.61 Å². The second-order valence-electron chi connectivity index (χ2n) is 4.84. The van der Waals surface area contributed by atoms with Gasteiger partial charge in [0.05, 0.1) is 5.69 Å². The molecule has 0 heterocycles. The molecule has 24 heavy (non-hydrogen) atoms. The van der Waals surface area contributed by atoms with E-state index in [1.807, 2.05) is 0 Å². The molecule has 0 aliphatic rings. The van der Waals surface area contributed by atoms with Crippen LogP contribution >= 0.6 is 0 Å². The molecular weight excluding hydrogens is 316 g/mol. The number of rotatable bonds is 6. The molecule has 0 bridgehead atoms. The maximum absolute atomic E-state index is 12.3. The van der Waals surface area contributed by atoms with Crippen LogP contribution in [0.4, 0.5) is 14.5 Å². The van der Waals surface area contributed by atoms with E-state index in [1.54, 1.807) is 42.5 Å². The Balaban J connectivity index is 2.13. The normalized spacial score (nSPS) is 10.8. The van der Waals surface area contributed by atoms with Crippen LogP contribution in [0.2, 0.25) is 0 Å². The smallest absolute Gasteiger partial charge is 0.387 e. The lowest BCUT2D eigenvalue weighted by Gasteiger charge is -2.08. The van der Waals surface area contributed by atoms with Crippen LogP contribution in [-0.2, 0) is 4.79 Å². The minimum absolute atomic E-state index is 0.0271. The summed E-state index contributed by atoms with van der Waals surface area (Å²) in [6, 6.07) is 12.7. The van der Waals surface area contributed by atoms with Crippen molar-refractivity contribution < 1.29 is 23.1 Å². The van der Waals surface area contributed by atoms with E-state index in [0.717, 1.165) is 0 Å².